The molecule has 0 bridgehead atoms. The van der Waals surface area contributed by atoms with Gasteiger partial charge in [0.15, 0.2) is 0 Å². The van der Waals surface area contributed by atoms with E-state index in [9.17, 15) is 44.7 Å². The number of rotatable bonds is 6. The third-order valence-electron chi connectivity index (χ3n) is 7.35. The van der Waals surface area contributed by atoms with Gasteiger partial charge in [-0.1, -0.05) is 42.7 Å². The zero-order valence-electron chi connectivity index (χ0n) is 20.9. The highest BCUT2D eigenvalue weighted by atomic mass is 32.2. The van der Waals surface area contributed by atoms with E-state index >= 15 is 0 Å². The summed E-state index contributed by atoms with van der Waals surface area (Å²) in [5.74, 6) is -0.389. The van der Waals surface area contributed by atoms with Crippen molar-refractivity contribution in [2.45, 2.75) is 86.8 Å². The summed E-state index contributed by atoms with van der Waals surface area (Å²) in [7, 11) is -4.37. The first-order valence-corrected chi connectivity index (χ1v) is 13.9. The van der Waals surface area contributed by atoms with Gasteiger partial charge in [-0.2, -0.15) is 26.3 Å². The first-order valence-electron chi connectivity index (χ1n) is 12.5. The first kappa shape index (κ1) is 29.2. The summed E-state index contributed by atoms with van der Waals surface area (Å²) in [4.78, 5) is 12.7. The maximum Gasteiger partial charge on any atom is 0.430 e. The van der Waals surface area contributed by atoms with Crippen molar-refractivity contribution in [3.05, 3.63) is 59.2 Å². The Morgan fingerprint density at radius 1 is 0.974 bits per heavy atom. The molecule has 0 spiro atoms. The van der Waals surface area contributed by atoms with Crippen molar-refractivity contribution in [3.63, 3.8) is 0 Å². The molecule has 39 heavy (non-hydrogen) atoms. The van der Waals surface area contributed by atoms with E-state index in [0.29, 0.717) is 12.1 Å². The van der Waals surface area contributed by atoms with Crippen LogP contribution in [0.2, 0.25) is 0 Å². The fourth-order valence-corrected chi connectivity index (χ4v) is 6.97. The van der Waals surface area contributed by atoms with E-state index in [-0.39, 0.29) is 47.4 Å². The minimum atomic E-state index is -6.08. The second kappa shape index (κ2) is 10.3. The van der Waals surface area contributed by atoms with Crippen molar-refractivity contribution in [1.82, 2.24) is 5.32 Å². The van der Waals surface area contributed by atoms with Gasteiger partial charge in [0, 0.05) is 18.0 Å². The number of amides is 1. The number of sulfonamides is 1. The number of alkyl halides is 6. The number of carbonyl (C=O) groups excluding carboxylic acids is 1. The molecule has 2 aromatic rings. The predicted molar refractivity (Wildman–Crippen MR) is 130 cm³/mol. The molecule has 2 aliphatic rings. The summed E-state index contributed by atoms with van der Waals surface area (Å²) < 4.78 is 109. The van der Waals surface area contributed by atoms with Gasteiger partial charge >= 0.3 is 12.4 Å². The highest BCUT2D eigenvalue weighted by molar-refractivity contribution is 7.92. The number of fused-ring (bicyclic) bond motifs is 1. The van der Waals surface area contributed by atoms with Gasteiger partial charge in [-0.05, 0) is 56.4 Å². The molecule has 0 aromatic heterocycles. The molecule has 214 valence electrons. The van der Waals surface area contributed by atoms with Crippen molar-refractivity contribution in [3.8, 4) is 0 Å². The van der Waals surface area contributed by atoms with Crippen LogP contribution in [0.1, 0.15) is 55.2 Å². The number of aliphatic hydroxyl groups is 1. The molecule has 2 aromatic carbocycles. The molecule has 1 atom stereocenters. The lowest BCUT2D eigenvalue weighted by Gasteiger charge is -2.39. The number of nitrogens with one attached hydrogen (secondary N) is 1. The number of aryl methyl sites for hydroxylation is 2. The molecule has 0 radical (unpaired) electrons. The number of benzene rings is 2. The average molecular weight is 579 g/mol. The van der Waals surface area contributed by atoms with Crippen LogP contribution in [-0.2, 0) is 26.8 Å². The fourth-order valence-electron chi connectivity index (χ4n) is 5.26. The normalized spacial score (nSPS) is 19.2. The van der Waals surface area contributed by atoms with Crippen LogP contribution in [0.4, 0.5) is 32.0 Å². The summed E-state index contributed by atoms with van der Waals surface area (Å²) in [6, 6.07) is 6.64. The zero-order chi connectivity index (χ0) is 28.8. The minimum absolute atomic E-state index is 0.0273. The molecule has 13 heteroatoms. The van der Waals surface area contributed by atoms with Gasteiger partial charge in [0.1, 0.15) is 0 Å². The van der Waals surface area contributed by atoms with Crippen LogP contribution in [0.15, 0.2) is 47.4 Å². The predicted octanol–water partition coefficient (Wildman–Crippen LogP) is 5.27. The summed E-state index contributed by atoms with van der Waals surface area (Å²) in [5.41, 5.74) is -6.11. The summed E-state index contributed by atoms with van der Waals surface area (Å²) >= 11 is 0. The number of nitrogens with zero attached hydrogens (tertiary/aromatic N) is 1. The van der Waals surface area contributed by atoms with Gasteiger partial charge in [0.2, 0.25) is 5.91 Å². The van der Waals surface area contributed by atoms with E-state index in [1.165, 1.54) is 12.1 Å². The molecular weight excluding hydrogens is 550 g/mol. The molecule has 1 aliphatic carbocycles. The van der Waals surface area contributed by atoms with Crippen LogP contribution in [0.25, 0.3) is 0 Å². The highest BCUT2D eigenvalue weighted by Gasteiger charge is 2.71. The molecule has 4 rings (SSSR count). The van der Waals surface area contributed by atoms with Gasteiger partial charge in [0.25, 0.3) is 15.6 Å². The van der Waals surface area contributed by atoms with Crippen LogP contribution in [0.5, 0.6) is 0 Å². The number of carbonyl (C=O) groups is 1. The smallest absolute Gasteiger partial charge is 0.369 e. The summed E-state index contributed by atoms with van der Waals surface area (Å²) in [6.45, 7) is 1.74. The van der Waals surface area contributed by atoms with Crippen LogP contribution in [-0.4, -0.2) is 43.9 Å². The van der Waals surface area contributed by atoms with Gasteiger partial charge in [-0.25, -0.2) is 8.42 Å². The minimum Gasteiger partial charge on any atom is -0.369 e. The zero-order valence-corrected chi connectivity index (χ0v) is 21.8. The number of anilines is 1. The number of hydrogen-bond acceptors (Lipinski definition) is 4. The van der Waals surface area contributed by atoms with Crippen LogP contribution < -0.4 is 9.62 Å². The Labute approximate surface area is 222 Å². The van der Waals surface area contributed by atoms with E-state index < -0.39 is 39.6 Å². The Balaban J connectivity index is 1.78. The lowest BCUT2D eigenvalue weighted by molar-refractivity contribution is -0.376. The molecule has 1 saturated carbocycles. The highest BCUT2D eigenvalue weighted by Crippen LogP contribution is 2.51. The van der Waals surface area contributed by atoms with Gasteiger partial charge in [-0.3, -0.25) is 9.10 Å². The fraction of sp³-hybridized carbons (Fsp3) is 0.500. The van der Waals surface area contributed by atoms with Gasteiger partial charge in [0.05, 0.1) is 16.6 Å². The van der Waals surface area contributed by atoms with Gasteiger partial charge in [-0.15, -0.1) is 0 Å². The number of halogens is 6. The Hall–Kier alpha value is -2.80. The standard InChI is InChI=1S/C26H28F6N2O4S/c1-16-6-11-21(12-7-16)39(37,38)34-20(15-23(35)33-19-4-2-3-5-19)10-8-17-14-18(9-13-22(17)34)24(36,25(27,28)29)26(30,31)32/h6-7,9,11-14,19-20,36H,2-5,8,10,15H2,1H3,(H,33,35)/t20-/m0/s1. The number of hydrogen-bond donors (Lipinski definition) is 2. The van der Waals surface area contributed by atoms with Crippen molar-refractivity contribution in [2.75, 3.05) is 4.31 Å². The molecule has 1 aliphatic heterocycles. The SMILES string of the molecule is Cc1ccc(S(=O)(=O)N2c3ccc(C(O)(C(F)(F)F)C(F)(F)F)cc3CC[C@H]2CC(=O)NC2CCCC2)cc1. The van der Waals surface area contributed by atoms with Crippen LogP contribution in [0, 0.1) is 6.92 Å². The molecule has 2 N–H and O–H groups in total. The monoisotopic (exact) mass is 578 g/mol. The van der Waals surface area contributed by atoms with E-state index in [0.717, 1.165) is 41.6 Å². The lowest BCUT2D eigenvalue weighted by atomic mass is 9.87. The third-order valence-corrected chi connectivity index (χ3v) is 9.23. The molecule has 6 nitrogen and oxygen atoms in total. The second-order valence-electron chi connectivity index (χ2n) is 10.1. The molecule has 1 amide bonds. The Morgan fingerprint density at radius 2 is 1.56 bits per heavy atom. The summed E-state index contributed by atoms with van der Waals surface area (Å²) in [6.07, 6.45) is -9.01. The van der Waals surface area contributed by atoms with E-state index in [2.05, 4.69) is 5.32 Å². The Bertz CT molecular complexity index is 1310. The van der Waals surface area contributed by atoms with Gasteiger partial charge < -0.3 is 10.4 Å². The van der Waals surface area contributed by atoms with Crippen molar-refractivity contribution < 1.29 is 44.7 Å². The first-order chi connectivity index (χ1) is 18.1. The lowest BCUT2D eigenvalue weighted by Crippen LogP contribution is -2.54. The molecular formula is C26H28F6N2O4S. The summed E-state index contributed by atoms with van der Waals surface area (Å²) in [5, 5.41) is 12.7. The van der Waals surface area contributed by atoms with Crippen molar-refractivity contribution in [2.24, 2.45) is 0 Å². The second-order valence-corrected chi connectivity index (χ2v) is 11.9. The van der Waals surface area contributed by atoms with Crippen LogP contribution in [0.3, 0.4) is 0 Å². The molecule has 0 saturated heterocycles. The quantitative estimate of drug-likeness (QED) is 0.458. The van der Waals surface area contributed by atoms with E-state index in [4.69, 9.17) is 0 Å². The molecule has 1 fully saturated rings. The van der Waals surface area contributed by atoms with Crippen molar-refractivity contribution >= 4 is 21.6 Å². The molecule has 0 unspecified atom stereocenters. The Morgan fingerprint density at radius 3 is 2.13 bits per heavy atom. The maximum absolute atomic E-state index is 13.8. The van der Waals surface area contributed by atoms with E-state index in [1.807, 2.05) is 0 Å². The van der Waals surface area contributed by atoms with Crippen LogP contribution >= 0.6 is 0 Å². The molecule has 1 heterocycles. The largest absolute Gasteiger partial charge is 0.430 e. The van der Waals surface area contributed by atoms with E-state index in [1.54, 1.807) is 19.1 Å². The van der Waals surface area contributed by atoms with Crippen molar-refractivity contribution in [1.29, 1.82) is 0 Å². The third kappa shape index (κ3) is 5.47. The topological polar surface area (TPSA) is 86.7 Å². The Kier molecular flexibility index (Phi) is 7.71. The maximum atomic E-state index is 13.8. The average Bonchev–Trinajstić information content (AvgIpc) is 3.34.